The number of hydrogen-bond donors (Lipinski definition) is 1. The number of aryl methyl sites for hydroxylation is 1. The number of nitriles is 1. The summed E-state index contributed by atoms with van der Waals surface area (Å²) in [5.41, 5.74) is 0.255. The second-order valence-corrected chi connectivity index (χ2v) is 6.24. The molecule has 3 rings (SSSR count). The van der Waals surface area contributed by atoms with Crippen LogP contribution in [0.4, 0.5) is 4.39 Å². The van der Waals surface area contributed by atoms with Crippen molar-refractivity contribution in [1.29, 1.82) is 5.26 Å². The van der Waals surface area contributed by atoms with Crippen LogP contribution in [0.5, 0.6) is 0 Å². The predicted octanol–water partition coefficient (Wildman–Crippen LogP) is 1.60. The minimum Gasteiger partial charge on any atom is -0.336 e. The van der Waals surface area contributed by atoms with Crippen molar-refractivity contribution >= 4 is 5.91 Å². The molecule has 0 unspecified atom stereocenters. The maximum absolute atomic E-state index is 13.3. The second-order valence-electron chi connectivity index (χ2n) is 6.24. The number of carbonyl (C=O) groups excluding carboxylic acids is 1. The van der Waals surface area contributed by atoms with E-state index in [4.69, 9.17) is 0 Å². The van der Waals surface area contributed by atoms with E-state index >= 15 is 0 Å². The van der Waals surface area contributed by atoms with Gasteiger partial charge in [0.1, 0.15) is 17.9 Å². The summed E-state index contributed by atoms with van der Waals surface area (Å²) >= 11 is 0. The van der Waals surface area contributed by atoms with Crippen LogP contribution in [0, 0.1) is 30.0 Å². The normalized spacial score (nSPS) is 16.2. The molecule has 0 bridgehead atoms. The van der Waals surface area contributed by atoms with Crippen molar-refractivity contribution in [2.24, 2.45) is 5.92 Å². The van der Waals surface area contributed by atoms with Gasteiger partial charge in [-0.3, -0.25) is 4.79 Å². The Morgan fingerprint density at radius 1 is 1.54 bits per heavy atom. The zero-order valence-electron chi connectivity index (χ0n) is 13.5. The third-order valence-corrected chi connectivity index (χ3v) is 4.18. The van der Waals surface area contributed by atoms with Gasteiger partial charge in [0.2, 0.25) is 11.7 Å². The molecular formula is C16H17FN6O. The Hall–Kier alpha value is -2.82. The van der Waals surface area contributed by atoms with Gasteiger partial charge in [-0.1, -0.05) is 0 Å². The Bertz CT molecular complexity index is 822. The van der Waals surface area contributed by atoms with Gasteiger partial charge in [0.25, 0.3) is 0 Å². The lowest BCUT2D eigenvalue weighted by Crippen LogP contribution is -2.48. The summed E-state index contributed by atoms with van der Waals surface area (Å²) in [6.45, 7) is 3.25. The van der Waals surface area contributed by atoms with Gasteiger partial charge >= 0.3 is 0 Å². The predicted molar refractivity (Wildman–Crippen MR) is 82.8 cm³/mol. The first-order chi connectivity index (χ1) is 11.4. The molecule has 24 heavy (non-hydrogen) atoms. The fourth-order valence-corrected chi connectivity index (χ4v) is 2.55. The molecule has 0 aliphatic heterocycles. The number of rotatable bonds is 5. The first-order valence-electron chi connectivity index (χ1n) is 7.68. The van der Waals surface area contributed by atoms with Crippen LogP contribution in [0.3, 0.4) is 0 Å². The molecule has 2 aromatic rings. The molecule has 1 fully saturated rings. The van der Waals surface area contributed by atoms with E-state index in [1.165, 1.54) is 6.07 Å². The third kappa shape index (κ3) is 3.25. The molecular weight excluding hydrogens is 311 g/mol. The quantitative estimate of drug-likeness (QED) is 0.899. The standard InChI is InChI=1S/C16H17FN6O/c1-10-7-11(3-6-13(10)17)15-20-22-23(21-15)8-14(24)19-16(2,9-18)12-4-5-12/h3,6-7,12H,4-5,8H2,1-2H3,(H,19,24)/t16-/m0/s1. The number of amides is 1. The maximum Gasteiger partial charge on any atom is 0.244 e. The third-order valence-electron chi connectivity index (χ3n) is 4.18. The zero-order chi connectivity index (χ0) is 17.3. The van der Waals surface area contributed by atoms with Gasteiger partial charge < -0.3 is 5.32 Å². The van der Waals surface area contributed by atoms with E-state index in [0.717, 1.165) is 17.6 Å². The Morgan fingerprint density at radius 2 is 2.29 bits per heavy atom. The van der Waals surface area contributed by atoms with Crippen molar-refractivity contribution in [1.82, 2.24) is 25.5 Å². The molecule has 8 heteroatoms. The SMILES string of the molecule is Cc1cc(-c2nnn(CC(=O)N[C@@](C)(C#N)C3CC3)n2)ccc1F. The van der Waals surface area contributed by atoms with E-state index in [1.54, 1.807) is 26.0 Å². The first kappa shape index (κ1) is 16.1. The van der Waals surface area contributed by atoms with Gasteiger partial charge in [0.15, 0.2) is 0 Å². The van der Waals surface area contributed by atoms with Crippen LogP contribution in [0.2, 0.25) is 0 Å². The van der Waals surface area contributed by atoms with E-state index in [0.29, 0.717) is 17.0 Å². The average Bonchev–Trinajstić information content (AvgIpc) is 3.31. The van der Waals surface area contributed by atoms with Gasteiger partial charge in [-0.15, -0.1) is 10.2 Å². The van der Waals surface area contributed by atoms with E-state index < -0.39 is 5.54 Å². The molecule has 1 heterocycles. The number of carbonyl (C=O) groups is 1. The van der Waals surface area contributed by atoms with Gasteiger partial charge in [0.05, 0.1) is 6.07 Å². The molecule has 124 valence electrons. The largest absolute Gasteiger partial charge is 0.336 e. The molecule has 1 aromatic heterocycles. The summed E-state index contributed by atoms with van der Waals surface area (Å²) in [7, 11) is 0. The molecule has 1 N–H and O–H groups in total. The maximum atomic E-state index is 13.3. The molecule has 0 spiro atoms. The summed E-state index contributed by atoms with van der Waals surface area (Å²) in [4.78, 5) is 13.3. The molecule has 0 saturated heterocycles. The Balaban J connectivity index is 1.68. The van der Waals surface area contributed by atoms with Gasteiger partial charge in [-0.2, -0.15) is 10.1 Å². The summed E-state index contributed by atoms with van der Waals surface area (Å²) in [6, 6.07) is 6.69. The highest BCUT2D eigenvalue weighted by molar-refractivity contribution is 5.77. The fraction of sp³-hybridized carbons (Fsp3) is 0.438. The Kier molecular flexibility index (Phi) is 4.01. The molecule has 1 atom stereocenters. The van der Waals surface area contributed by atoms with E-state index in [-0.39, 0.29) is 24.2 Å². The number of nitrogens with one attached hydrogen (secondary N) is 1. The topological polar surface area (TPSA) is 96.5 Å². The number of nitrogens with zero attached hydrogens (tertiary/aromatic N) is 5. The molecule has 7 nitrogen and oxygen atoms in total. The average molecular weight is 328 g/mol. The minimum atomic E-state index is -0.853. The lowest BCUT2D eigenvalue weighted by Gasteiger charge is -2.22. The van der Waals surface area contributed by atoms with Crippen molar-refractivity contribution in [2.75, 3.05) is 0 Å². The summed E-state index contributed by atoms with van der Waals surface area (Å²) in [6.07, 6.45) is 1.89. The molecule has 1 aliphatic carbocycles. The van der Waals surface area contributed by atoms with Crippen molar-refractivity contribution in [3.63, 3.8) is 0 Å². The highest BCUT2D eigenvalue weighted by Gasteiger charge is 2.43. The van der Waals surface area contributed by atoms with Gasteiger partial charge in [-0.05, 0) is 61.6 Å². The molecule has 1 aromatic carbocycles. The van der Waals surface area contributed by atoms with E-state index in [2.05, 4.69) is 26.8 Å². The van der Waals surface area contributed by atoms with Crippen molar-refractivity contribution in [3.05, 3.63) is 29.6 Å². The first-order valence-corrected chi connectivity index (χ1v) is 7.68. The van der Waals surface area contributed by atoms with Gasteiger partial charge in [0, 0.05) is 5.56 Å². The molecule has 1 aliphatic rings. The lowest BCUT2D eigenvalue weighted by molar-refractivity contribution is -0.123. The smallest absolute Gasteiger partial charge is 0.244 e. The highest BCUT2D eigenvalue weighted by atomic mass is 19.1. The Labute approximate surface area is 138 Å². The second kappa shape index (κ2) is 6.00. The Morgan fingerprint density at radius 3 is 2.92 bits per heavy atom. The van der Waals surface area contributed by atoms with Crippen LogP contribution >= 0.6 is 0 Å². The highest BCUT2D eigenvalue weighted by Crippen LogP contribution is 2.39. The number of halogens is 1. The van der Waals surface area contributed by atoms with Crippen LogP contribution in [0.15, 0.2) is 18.2 Å². The monoisotopic (exact) mass is 328 g/mol. The van der Waals surface area contributed by atoms with Crippen LogP contribution in [0.25, 0.3) is 11.4 Å². The fourth-order valence-electron chi connectivity index (χ4n) is 2.55. The van der Waals surface area contributed by atoms with Crippen molar-refractivity contribution in [2.45, 2.75) is 38.8 Å². The van der Waals surface area contributed by atoms with Crippen LogP contribution < -0.4 is 5.32 Å². The number of tetrazole rings is 1. The number of aromatic nitrogens is 4. The van der Waals surface area contributed by atoms with E-state index in [1.807, 2.05) is 0 Å². The van der Waals surface area contributed by atoms with Crippen molar-refractivity contribution in [3.8, 4) is 17.5 Å². The number of benzene rings is 1. The minimum absolute atomic E-state index is 0.128. The van der Waals surface area contributed by atoms with Crippen LogP contribution in [-0.4, -0.2) is 31.7 Å². The lowest BCUT2D eigenvalue weighted by atomic mass is 9.98. The summed E-state index contributed by atoms with van der Waals surface area (Å²) < 4.78 is 13.3. The number of hydrogen-bond acceptors (Lipinski definition) is 5. The molecule has 1 saturated carbocycles. The van der Waals surface area contributed by atoms with Crippen LogP contribution in [-0.2, 0) is 11.3 Å². The molecule has 1 amide bonds. The molecule has 0 radical (unpaired) electrons. The van der Waals surface area contributed by atoms with Gasteiger partial charge in [-0.25, -0.2) is 4.39 Å². The van der Waals surface area contributed by atoms with Crippen LogP contribution in [0.1, 0.15) is 25.3 Å². The van der Waals surface area contributed by atoms with E-state index in [9.17, 15) is 14.4 Å². The summed E-state index contributed by atoms with van der Waals surface area (Å²) in [5.74, 6) is -0.129. The summed E-state index contributed by atoms with van der Waals surface area (Å²) in [5, 5.41) is 23.9. The van der Waals surface area contributed by atoms with Crippen molar-refractivity contribution < 1.29 is 9.18 Å². The zero-order valence-corrected chi connectivity index (χ0v) is 13.5.